The Labute approximate surface area is 92.9 Å². The molecule has 0 bridgehead atoms. The second-order valence-electron chi connectivity index (χ2n) is 3.03. The molecule has 0 aliphatic heterocycles. The van der Waals surface area contributed by atoms with Gasteiger partial charge in [-0.25, -0.2) is 9.97 Å². The summed E-state index contributed by atoms with van der Waals surface area (Å²) in [7, 11) is 1.59. The molecule has 0 amide bonds. The molecule has 1 heterocycles. The summed E-state index contributed by atoms with van der Waals surface area (Å²) in [4.78, 5) is 7.86. The molecule has 5 heteroatoms. The van der Waals surface area contributed by atoms with Gasteiger partial charge in [-0.15, -0.1) is 0 Å². The van der Waals surface area contributed by atoms with E-state index in [9.17, 15) is 0 Å². The van der Waals surface area contributed by atoms with Gasteiger partial charge in [0.15, 0.2) is 5.82 Å². The van der Waals surface area contributed by atoms with Gasteiger partial charge in [0, 0.05) is 18.5 Å². The van der Waals surface area contributed by atoms with E-state index in [1.807, 2.05) is 12.1 Å². The van der Waals surface area contributed by atoms with Gasteiger partial charge in [-0.05, 0) is 12.1 Å². The van der Waals surface area contributed by atoms with Crippen LogP contribution in [0, 0.1) is 0 Å². The van der Waals surface area contributed by atoms with Crippen LogP contribution in [0.2, 0.25) is 0 Å². The van der Waals surface area contributed by atoms with Gasteiger partial charge >= 0.3 is 0 Å². The molecular formula is C11H11N3O2. The molecule has 1 aromatic heterocycles. The maximum Gasteiger partial charge on any atom is 0.262 e. The quantitative estimate of drug-likeness (QED) is 0.849. The molecule has 0 fully saturated rings. The van der Waals surface area contributed by atoms with Crippen LogP contribution in [0.5, 0.6) is 17.4 Å². The van der Waals surface area contributed by atoms with Crippen molar-refractivity contribution in [3.05, 3.63) is 36.7 Å². The molecule has 1 aromatic carbocycles. The van der Waals surface area contributed by atoms with Gasteiger partial charge in [-0.2, -0.15) is 0 Å². The second-order valence-corrected chi connectivity index (χ2v) is 3.03. The number of methoxy groups -OCH3 is 1. The number of nitrogens with two attached hydrogens (primary N) is 1. The van der Waals surface area contributed by atoms with Crippen LogP contribution in [0.1, 0.15) is 0 Å². The summed E-state index contributed by atoms with van der Waals surface area (Å²) in [5.41, 5.74) is 5.61. The summed E-state index contributed by atoms with van der Waals surface area (Å²) in [6.07, 6.45) is 3.03. The lowest BCUT2D eigenvalue weighted by Gasteiger charge is -2.07. The fraction of sp³-hybridized carbons (Fsp3) is 0.0909. The average molecular weight is 217 g/mol. The molecule has 2 N–H and O–H groups in total. The number of hydrogen-bond donors (Lipinski definition) is 1. The average Bonchev–Trinajstić information content (AvgIpc) is 2.32. The number of benzene rings is 1. The van der Waals surface area contributed by atoms with Gasteiger partial charge < -0.3 is 15.2 Å². The summed E-state index contributed by atoms with van der Waals surface area (Å²) in [6.45, 7) is 0. The molecule has 2 rings (SSSR count). The molecule has 82 valence electrons. The molecule has 0 spiro atoms. The number of anilines is 1. The Balaban J connectivity index is 2.24. The van der Waals surface area contributed by atoms with Crippen molar-refractivity contribution in [2.24, 2.45) is 0 Å². The highest BCUT2D eigenvalue weighted by molar-refractivity contribution is 5.43. The van der Waals surface area contributed by atoms with Crippen molar-refractivity contribution in [2.75, 3.05) is 12.8 Å². The maximum absolute atomic E-state index is 5.61. The van der Waals surface area contributed by atoms with Crippen LogP contribution in [0.25, 0.3) is 0 Å². The van der Waals surface area contributed by atoms with E-state index in [-0.39, 0.29) is 11.7 Å². The van der Waals surface area contributed by atoms with E-state index in [4.69, 9.17) is 15.2 Å². The van der Waals surface area contributed by atoms with Gasteiger partial charge in [-0.3, -0.25) is 0 Å². The number of nitrogen functional groups attached to an aromatic ring is 1. The van der Waals surface area contributed by atoms with Crippen molar-refractivity contribution in [1.29, 1.82) is 0 Å². The Kier molecular flexibility index (Phi) is 2.86. The number of ether oxygens (including phenoxy) is 2. The molecule has 5 nitrogen and oxygen atoms in total. The monoisotopic (exact) mass is 217 g/mol. The van der Waals surface area contributed by atoms with Gasteiger partial charge in [0.1, 0.15) is 11.5 Å². The Bertz CT molecular complexity index is 488. The minimum atomic E-state index is 0.255. The molecular weight excluding hydrogens is 206 g/mol. The first kappa shape index (κ1) is 10.2. The smallest absolute Gasteiger partial charge is 0.262 e. The summed E-state index contributed by atoms with van der Waals surface area (Å²) in [5.74, 6) is 1.85. The van der Waals surface area contributed by atoms with E-state index in [2.05, 4.69) is 9.97 Å². The van der Waals surface area contributed by atoms with Gasteiger partial charge in [-0.1, -0.05) is 6.07 Å². The van der Waals surface area contributed by atoms with Crippen LogP contribution in [0.15, 0.2) is 36.7 Å². The molecule has 0 saturated carbocycles. The highest BCUT2D eigenvalue weighted by Crippen LogP contribution is 2.25. The fourth-order valence-electron chi connectivity index (χ4n) is 1.19. The van der Waals surface area contributed by atoms with Crippen LogP contribution < -0.4 is 15.2 Å². The molecule has 0 atom stereocenters. The van der Waals surface area contributed by atoms with E-state index in [1.54, 1.807) is 19.2 Å². The minimum absolute atomic E-state index is 0.255. The molecule has 0 aliphatic carbocycles. The van der Waals surface area contributed by atoms with E-state index in [0.717, 1.165) is 0 Å². The summed E-state index contributed by atoms with van der Waals surface area (Å²) in [5, 5.41) is 0. The van der Waals surface area contributed by atoms with Crippen molar-refractivity contribution in [3.63, 3.8) is 0 Å². The van der Waals surface area contributed by atoms with Crippen LogP contribution in [-0.2, 0) is 0 Å². The molecule has 16 heavy (non-hydrogen) atoms. The minimum Gasteiger partial charge on any atom is -0.497 e. The first-order valence-electron chi connectivity index (χ1n) is 4.68. The van der Waals surface area contributed by atoms with Gasteiger partial charge in [0.2, 0.25) is 0 Å². The standard InChI is InChI=1S/C11H11N3O2/c1-15-8-3-2-4-9(7-8)16-11-10(12)13-5-6-14-11/h2-7H,1H3,(H2,12,13). The lowest BCUT2D eigenvalue weighted by atomic mass is 10.3. The Morgan fingerprint density at radius 3 is 2.62 bits per heavy atom. The van der Waals surface area contributed by atoms with Crippen LogP contribution in [-0.4, -0.2) is 17.1 Å². The van der Waals surface area contributed by atoms with Crippen LogP contribution in [0.4, 0.5) is 5.82 Å². The van der Waals surface area contributed by atoms with E-state index in [0.29, 0.717) is 11.5 Å². The highest BCUT2D eigenvalue weighted by Gasteiger charge is 2.04. The van der Waals surface area contributed by atoms with Gasteiger partial charge in [0.25, 0.3) is 5.88 Å². The topological polar surface area (TPSA) is 70.3 Å². The first-order chi connectivity index (χ1) is 7.79. The molecule has 0 unspecified atom stereocenters. The highest BCUT2D eigenvalue weighted by atomic mass is 16.5. The number of hydrogen-bond acceptors (Lipinski definition) is 5. The van der Waals surface area contributed by atoms with Crippen molar-refractivity contribution in [1.82, 2.24) is 9.97 Å². The largest absolute Gasteiger partial charge is 0.497 e. The molecule has 0 aliphatic rings. The molecule has 0 saturated heterocycles. The third-order valence-corrected chi connectivity index (χ3v) is 1.95. The third-order valence-electron chi connectivity index (χ3n) is 1.95. The normalized spacial score (nSPS) is 9.81. The number of rotatable bonds is 3. The zero-order valence-corrected chi connectivity index (χ0v) is 8.75. The van der Waals surface area contributed by atoms with Crippen LogP contribution >= 0.6 is 0 Å². The van der Waals surface area contributed by atoms with Crippen molar-refractivity contribution in [3.8, 4) is 17.4 Å². The summed E-state index contributed by atoms with van der Waals surface area (Å²) >= 11 is 0. The zero-order valence-electron chi connectivity index (χ0n) is 8.75. The lowest BCUT2D eigenvalue weighted by Crippen LogP contribution is -1.97. The number of aromatic nitrogens is 2. The Morgan fingerprint density at radius 2 is 1.88 bits per heavy atom. The molecule has 0 radical (unpaired) electrons. The maximum atomic E-state index is 5.61. The summed E-state index contributed by atoms with van der Waals surface area (Å²) < 4.78 is 10.5. The van der Waals surface area contributed by atoms with Crippen molar-refractivity contribution >= 4 is 5.82 Å². The predicted molar refractivity (Wildman–Crippen MR) is 59.5 cm³/mol. The zero-order chi connectivity index (χ0) is 11.4. The van der Waals surface area contributed by atoms with Gasteiger partial charge in [0.05, 0.1) is 7.11 Å². The summed E-state index contributed by atoms with van der Waals surface area (Å²) in [6, 6.07) is 7.18. The Hall–Kier alpha value is -2.30. The third kappa shape index (κ3) is 2.20. The van der Waals surface area contributed by atoms with E-state index >= 15 is 0 Å². The molecule has 2 aromatic rings. The van der Waals surface area contributed by atoms with E-state index < -0.39 is 0 Å². The second kappa shape index (κ2) is 4.48. The van der Waals surface area contributed by atoms with Crippen molar-refractivity contribution < 1.29 is 9.47 Å². The number of nitrogens with zero attached hydrogens (tertiary/aromatic N) is 2. The van der Waals surface area contributed by atoms with Crippen LogP contribution in [0.3, 0.4) is 0 Å². The predicted octanol–water partition coefficient (Wildman–Crippen LogP) is 1.86. The fourth-order valence-corrected chi connectivity index (χ4v) is 1.19. The van der Waals surface area contributed by atoms with Crippen molar-refractivity contribution in [2.45, 2.75) is 0 Å². The first-order valence-corrected chi connectivity index (χ1v) is 4.68. The van der Waals surface area contributed by atoms with E-state index in [1.165, 1.54) is 12.4 Å². The Morgan fingerprint density at radius 1 is 1.12 bits per heavy atom. The lowest BCUT2D eigenvalue weighted by molar-refractivity contribution is 0.407. The SMILES string of the molecule is COc1cccc(Oc2nccnc2N)c1.